The normalized spacial score (nSPS) is 11.4. The summed E-state index contributed by atoms with van der Waals surface area (Å²) >= 11 is 0. The number of aryl methyl sites for hydroxylation is 1. The van der Waals surface area contributed by atoms with E-state index < -0.39 is 0 Å². The summed E-state index contributed by atoms with van der Waals surface area (Å²) in [5.74, 6) is 0.735. The van der Waals surface area contributed by atoms with Crippen LogP contribution in [0.2, 0.25) is 0 Å². The summed E-state index contributed by atoms with van der Waals surface area (Å²) in [7, 11) is 0. The zero-order valence-electron chi connectivity index (χ0n) is 13.3. The van der Waals surface area contributed by atoms with E-state index in [4.69, 9.17) is 4.98 Å². The lowest BCUT2D eigenvalue weighted by atomic mass is 10.1. The maximum Gasteiger partial charge on any atom is 0.187 e. The first kappa shape index (κ1) is 14.3. The molecule has 0 aliphatic heterocycles. The van der Waals surface area contributed by atoms with Gasteiger partial charge in [0.25, 0.3) is 0 Å². The predicted molar refractivity (Wildman–Crippen MR) is 96.0 cm³/mol. The van der Waals surface area contributed by atoms with Crippen molar-refractivity contribution >= 4 is 17.2 Å². The molecule has 4 heteroatoms. The average molecular weight is 312 g/mol. The molecule has 4 aromatic rings. The molecule has 0 atom stereocenters. The van der Waals surface area contributed by atoms with E-state index in [0.29, 0.717) is 0 Å². The van der Waals surface area contributed by atoms with Crippen LogP contribution < -0.4 is 0 Å². The van der Waals surface area contributed by atoms with E-state index in [1.807, 2.05) is 59.1 Å². The monoisotopic (exact) mass is 312 g/mol. The molecular weight excluding hydrogens is 296 g/mol. The molecule has 24 heavy (non-hydrogen) atoms. The van der Waals surface area contributed by atoms with E-state index in [1.165, 1.54) is 5.56 Å². The number of fused-ring (bicyclic) bond motifs is 1. The van der Waals surface area contributed by atoms with Crippen LogP contribution in [0, 0.1) is 6.92 Å². The number of azo groups is 1. The van der Waals surface area contributed by atoms with Crippen molar-refractivity contribution in [3.05, 3.63) is 84.6 Å². The third-order valence-corrected chi connectivity index (χ3v) is 3.85. The van der Waals surface area contributed by atoms with Gasteiger partial charge in [-0.2, -0.15) is 0 Å². The molecule has 0 aliphatic carbocycles. The van der Waals surface area contributed by atoms with Crippen LogP contribution in [-0.2, 0) is 0 Å². The number of hydrogen-bond acceptors (Lipinski definition) is 3. The van der Waals surface area contributed by atoms with Crippen molar-refractivity contribution in [3.8, 4) is 11.3 Å². The van der Waals surface area contributed by atoms with Crippen molar-refractivity contribution in [1.82, 2.24) is 9.38 Å². The first-order valence-electron chi connectivity index (χ1n) is 7.82. The Morgan fingerprint density at radius 2 is 1.54 bits per heavy atom. The Balaban J connectivity index is 1.87. The molecule has 0 fully saturated rings. The van der Waals surface area contributed by atoms with Gasteiger partial charge in [0.15, 0.2) is 5.82 Å². The Hall–Kier alpha value is -3.27. The molecule has 0 unspecified atom stereocenters. The number of aromatic nitrogens is 2. The van der Waals surface area contributed by atoms with Crippen LogP contribution in [0.15, 0.2) is 89.2 Å². The largest absolute Gasteiger partial charge is 0.283 e. The fourth-order valence-corrected chi connectivity index (χ4v) is 2.58. The first-order valence-corrected chi connectivity index (χ1v) is 7.82. The number of rotatable bonds is 3. The van der Waals surface area contributed by atoms with E-state index in [1.54, 1.807) is 0 Å². The van der Waals surface area contributed by atoms with Crippen LogP contribution in [-0.4, -0.2) is 9.38 Å². The van der Waals surface area contributed by atoms with E-state index in [2.05, 4.69) is 41.4 Å². The lowest BCUT2D eigenvalue weighted by Crippen LogP contribution is -1.81. The zero-order valence-corrected chi connectivity index (χ0v) is 13.3. The highest BCUT2D eigenvalue weighted by atomic mass is 15.2. The van der Waals surface area contributed by atoms with Gasteiger partial charge >= 0.3 is 0 Å². The van der Waals surface area contributed by atoms with Crippen LogP contribution in [0.25, 0.3) is 16.9 Å². The Morgan fingerprint density at radius 1 is 0.792 bits per heavy atom. The van der Waals surface area contributed by atoms with Gasteiger partial charge in [0.05, 0.1) is 5.69 Å². The molecule has 0 saturated carbocycles. The molecule has 0 radical (unpaired) electrons. The Morgan fingerprint density at radius 3 is 2.33 bits per heavy atom. The van der Waals surface area contributed by atoms with Gasteiger partial charge in [0.2, 0.25) is 0 Å². The molecule has 0 aliphatic rings. The smallest absolute Gasteiger partial charge is 0.187 e. The number of pyridine rings is 1. The third kappa shape index (κ3) is 2.70. The molecule has 0 saturated heterocycles. The number of nitrogens with zero attached hydrogens (tertiary/aromatic N) is 4. The Labute approximate surface area is 140 Å². The second-order valence-corrected chi connectivity index (χ2v) is 5.61. The van der Waals surface area contributed by atoms with Gasteiger partial charge in [-0.1, -0.05) is 54.1 Å². The van der Waals surface area contributed by atoms with Crippen molar-refractivity contribution in [3.63, 3.8) is 0 Å². The SMILES string of the molecule is Cc1ccc(-c2nc3ccccn3c2N=Nc2ccccc2)cc1. The number of benzene rings is 2. The molecule has 0 bridgehead atoms. The predicted octanol–water partition coefficient (Wildman–Crippen LogP) is 5.73. The number of hydrogen-bond donors (Lipinski definition) is 0. The van der Waals surface area contributed by atoms with Gasteiger partial charge in [-0.25, -0.2) is 4.98 Å². The van der Waals surface area contributed by atoms with Crippen molar-refractivity contribution in [2.45, 2.75) is 6.92 Å². The summed E-state index contributed by atoms with van der Waals surface area (Å²) in [6.45, 7) is 2.07. The molecule has 4 rings (SSSR count). The summed E-state index contributed by atoms with van der Waals surface area (Å²) in [5, 5.41) is 8.86. The highest BCUT2D eigenvalue weighted by molar-refractivity contribution is 5.74. The lowest BCUT2D eigenvalue weighted by molar-refractivity contribution is 1.11. The van der Waals surface area contributed by atoms with E-state index in [9.17, 15) is 0 Å². The molecular formula is C20H16N4. The lowest BCUT2D eigenvalue weighted by Gasteiger charge is -2.00. The van der Waals surface area contributed by atoms with Crippen molar-refractivity contribution < 1.29 is 0 Å². The zero-order chi connectivity index (χ0) is 16.4. The van der Waals surface area contributed by atoms with Gasteiger partial charge in [-0.3, -0.25) is 4.40 Å². The summed E-state index contributed by atoms with van der Waals surface area (Å²) in [6, 6.07) is 23.9. The maximum atomic E-state index is 4.73. The first-order chi connectivity index (χ1) is 11.8. The van der Waals surface area contributed by atoms with Crippen molar-refractivity contribution in [2.24, 2.45) is 10.2 Å². The summed E-state index contributed by atoms with van der Waals surface area (Å²) < 4.78 is 1.96. The third-order valence-electron chi connectivity index (χ3n) is 3.85. The van der Waals surface area contributed by atoms with Gasteiger partial charge in [-0.05, 0) is 31.2 Å². The van der Waals surface area contributed by atoms with E-state index in [0.717, 1.165) is 28.4 Å². The van der Waals surface area contributed by atoms with Gasteiger partial charge in [0, 0.05) is 11.8 Å². The Bertz CT molecular complexity index is 999. The Kier molecular flexibility index (Phi) is 3.63. The van der Waals surface area contributed by atoms with Crippen molar-refractivity contribution in [1.29, 1.82) is 0 Å². The van der Waals surface area contributed by atoms with Gasteiger partial charge < -0.3 is 0 Å². The van der Waals surface area contributed by atoms with Gasteiger partial charge in [-0.15, -0.1) is 10.2 Å². The van der Waals surface area contributed by atoms with Crippen LogP contribution in [0.4, 0.5) is 11.5 Å². The van der Waals surface area contributed by atoms with E-state index >= 15 is 0 Å². The minimum atomic E-state index is 0.735. The fraction of sp³-hybridized carbons (Fsp3) is 0.0500. The highest BCUT2D eigenvalue weighted by Crippen LogP contribution is 2.32. The standard InChI is InChI=1S/C20H16N4/c1-15-10-12-16(13-11-15)19-20(23-22-17-7-3-2-4-8-17)24-14-6-5-9-18(24)21-19/h2-14H,1H3. The second kappa shape index (κ2) is 6.08. The summed E-state index contributed by atoms with van der Waals surface area (Å²) in [5.41, 5.74) is 4.76. The van der Waals surface area contributed by atoms with Crippen LogP contribution in [0.1, 0.15) is 5.56 Å². The van der Waals surface area contributed by atoms with Gasteiger partial charge in [0.1, 0.15) is 11.3 Å². The fourth-order valence-electron chi connectivity index (χ4n) is 2.58. The molecule has 0 amide bonds. The molecule has 0 spiro atoms. The van der Waals surface area contributed by atoms with E-state index in [-0.39, 0.29) is 0 Å². The second-order valence-electron chi connectivity index (χ2n) is 5.61. The maximum absolute atomic E-state index is 4.73. The molecule has 2 aromatic carbocycles. The quantitative estimate of drug-likeness (QED) is 0.446. The molecule has 2 aromatic heterocycles. The molecule has 0 N–H and O–H groups in total. The molecule has 2 heterocycles. The van der Waals surface area contributed by atoms with Crippen molar-refractivity contribution in [2.75, 3.05) is 0 Å². The van der Waals surface area contributed by atoms with Crippen LogP contribution in [0.5, 0.6) is 0 Å². The minimum Gasteiger partial charge on any atom is -0.283 e. The van der Waals surface area contributed by atoms with Crippen LogP contribution >= 0.6 is 0 Å². The van der Waals surface area contributed by atoms with Crippen LogP contribution in [0.3, 0.4) is 0 Å². The highest BCUT2D eigenvalue weighted by Gasteiger charge is 2.13. The summed E-state index contributed by atoms with van der Waals surface area (Å²) in [6.07, 6.45) is 1.96. The molecule has 4 nitrogen and oxygen atoms in total. The summed E-state index contributed by atoms with van der Waals surface area (Å²) in [4.78, 5) is 4.73. The number of imidazole rings is 1. The minimum absolute atomic E-state index is 0.735. The topological polar surface area (TPSA) is 42.0 Å². The average Bonchev–Trinajstić information content (AvgIpc) is 3.00. The molecule has 116 valence electrons.